The van der Waals surface area contributed by atoms with E-state index in [0.29, 0.717) is 0 Å². The minimum Gasteiger partial charge on any atom is -0.449 e. The molecular weight excluding hydrogens is 148 g/mol. The van der Waals surface area contributed by atoms with Crippen LogP contribution in [0.25, 0.3) is 0 Å². The molecule has 0 fully saturated rings. The molecule has 0 saturated carbocycles. The van der Waals surface area contributed by atoms with Gasteiger partial charge in [0.15, 0.2) is 11.5 Å². The van der Waals surface area contributed by atoms with Crippen molar-refractivity contribution in [3.05, 3.63) is 22.7 Å². The second-order valence-corrected chi connectivity index (χ2v) is 2.72. The monoisotopic (exact) mass is 154 g/mol. The number of halogens is 1. The molecule has 0 atom stereocenters. The third-order valence-electron chi connectivity index (χ3n) is 1.69. The maximum atomic E-state index is 5.88. The molecule has 0 aliphatic carbocycles. The fourth-order valence-electron chi connectivity index (χ4n) is 1.09. The molecule has 2 rings (SSSR count). The smallest absolute Gasteiger partial charge is 0.174 e. The number of hydrogen-bond acceptors (Lipinski definition) is 1. The molecule has 0 unspecified atom stereocenters. The van der Waals surface area contributed by atoms with E-state index in [1.807, 2.05) is 12.1 Å². The molecule has 10 heavy (non-hydrogen) atoms. The molecule has 1 aliphatic heterocycles. The van der Waals surface area contributed by atoms with Crippen molar-refractivity contribution in [1.82, 2.24) is 0 Å². The van der Waals surface area contributed by atoms with Crippen molar-refractivity contribution in [3.63, 3.8) is 0 Å². The Labute approximate surface area is 64.6 Å². The molecule has 1 aliphatic rings. The Balaban J connectivity index is 2.57. The maximum Gasteiger partial charge on any atom is 0.174 e. The van der Waals surface area contributed by atoms with Crippen molar-refractivity contribution in [2.75, 3.05) is 0 Å². The van der Waals surface area contributed by atoms with Crippen LogP contribution in [0.3, 0.4) is 0 Å². The van der Waals surface area contributed by atoms with Gasteiger partial charge in [-0.05, 0) is 18.6 Å². The SMILES string of the molecule is CCc1c(Cl)ccc2c1O2. The lowest BCUT2D eigenvalue weighted by molar-refractivity contribution is 0.644. The van der Waals surface area contributed by atoms with E-state index in [4.69, 9.17) is 16.3 Å². The lowest BCUT2D eigenvalue weighted by Gasteiger charge is -1.92. The summed E-state index contributed by atoms with van der Waals surface area (Å²) in [7, 11) is 0. The van der Waals surface area contributed by atoms with Crippen molar-refractivity contribution in [2.24, 2.45) is 0 Å². The molecule has 0 bridgehead atoms. The number of hydrogen-bond donors (Lipinski definition) is 0. The van der Waals surface area contributed by atoms with Gasteiger partial charge in [0.1, 0.15) is 0 Å². The van der Waals surface area contributed by atoms with Crippen LogP contribution in [0.15, 0.2) is 12.1 Å². The van der Waals surface area contributed by atoms with Crippen molar-refractivity contribution >= 4 is 11.6 Å². The Kier molecular flexibility index (Phi) is 1.15. The highest BCUT2D eigenvalue weighted by Gasteiger charge is 2.24. The zero-order valence-electron chi connectivity index (χ0n) is 5.65. The third-order valence-corrected chi connectivity index (χ3v) is 2.05. The van der Waals surface area contributed by atoms with Crippen LogP contribution < -0.4 is 4.74 Å². The lowest BCUT2D eigenvalue weighted by atomic mass is 10.2. The van der Waals surface area contributed by atoms with Gasteiger partial charge in [0.2, 0.25) is 0 Å². The fraction of sp³-hybridized carbons (Fsp3) is 0.250. The largest absolute Gasteiger partial charge is 0.449 e. The van der Waals surface area contributed by atoms with E-state index < -0.39 is 0 Å². The fourth-order valence-corrected chi connectivity index (χ4v) is 1.37. The average molecular weight is 155 g/mol. The van der Waals surface area contributed by atoms with E-state index in [9.17, 15) is 0 Å². The Bertz CT molecular complexity index is 277. The van der Waals surface area contributed by atoms with Crippen molar-refractivity contribution in [1.29, 1.82) is 0 Å². The van der Waals surface area contributed by atoms with Crippen LogP contribution in [0.2, 0.25) is 5.02 Å². The summed E-state index contributed by atoms with van der Waals surface area (Å²) < 4.78 is 5.16. The summed E-state index contributed by atoms with van der Waals surface area (Å²) in [5, 5.41) is 0.818. The van der Waals surface area contributed by atoms with E-state index in [-0.39, 0.29) is 0 Å². The van der Waals surface area contributed by atoms with Crippen LogP contribution in [0.1, 0.15) is 12.5 Å². The molecule has 0 amide bonds. The second kappa shape index (κ2) is 1.89. The summed E-state index contributed by atoms with van der Waals surface area (Å²) >= 11 is 5.88. The van der Waals surface area contributed by atoms with Gasteiger partial charge < -0.3 is 4.74 Å². The van der Waals surface area contributed by atoms with Gasteiger partial charge in [-0.15, -0.1) is 0 Å². The molecule has 1 nitrogen and oxygen atoms in total. The lowest BCUT2D eigenvalue weighted by Crippen LogP contribution is -1.75. The molecule has 0 saturated heterocycles. The van der Waals surface area contributed by atoms with Gasteiger partial charge in [0, 0.05) is 10.6 Å². The predicted molar refractivity (Wildman–Crippen MR) is 40.9 cm³/mol. The number of fused-ring (bicyclic) bond motifs is 1. The minimum atomic E-state index is 0.818. The van der Waals surface area contributed by atoms with Crippen LogP contribution in [-0.4, -0.2) is 0 Å². The van der Waals surface area contributed by atoms with Gasteiger partial charge in [-0.3, -0.25) is 0 Å². The van der Waals surface area contributed by atoms with E-state index in [0.717, 1.165) is 28.5 Å². The van der Waals surface area contributed by atoms with Crippen LogP contribution in [0.5, 0.6) is 11.5 Å². The molecule has 1 heterocycles. The first-order chi connectivity index (χ1) is 4.83. The first-order valence-corrected chi connectivity index (χ1v) is 3.70. The highest BCUT2D eigenvalue weighted by molar-refractivity contribution is 6.31. The van der Waals surface area contributed by atoms with Crippen molar-refractivity contribution in [2.45, 2.75) is 13.3 Å². The Morgan fingerprint density at radius 2 is 2.30 bits per heavy atom. The quantitative estimate of drug-likeness (QED) is 0.576. The molecular formula is C8H7ClO. The molecule has 0 N–H and O–H groups in total. The van der Waals surface area contributed by atoms with Crippen molar-refractivity contribution < 1.29 is 4.74 Å². The summed E-state index contributed by atoms with van der Waals surface area (Å²) in [5.74, 6) is 1.98. The topological polar surface area (TPSA) is 12.5 Å². The highest BCUT2D eigenvalue weighted by atomic mass is 35.5. The van der Waals surface area contributed by atoms with E-state index in [1.54, 1.807) is 0 Å². The van der Waals surface area contributed by atoms with Crippen molar-refractivity contribution in [3.8, 4) is 11.5 Å². The Hall–Kier alpha value is -0.690. The van der Waals surface area contributed by atoms with Crippen LogP contribution in [0.4, 0.5) is 0 Å². The average Bonchev–Trinajstić information content (AvgIpc) is 2.66. The first-order valence-electron chi connectivity index (χ1n) is 3.32. The third kappa shape index (κ3) is 0.706. The minimum absolute atomic E-state index is 0.818. The number of ether oxygens (including phenoxy) is 1. The summed E-state index contributed by atoms with van der Waals surface area (Å²) in [6.45, 7) is 2.07. The first kappa shape index (κ1) is 6.05. The molecule has 2 heteroatoms. The zero-order chi connectivity index (χ0) is 7.14. The summed E-state index contributed by atoms with van der Waals surface area (Å²) in [4.78, 5) is 0. The molecule has 0 spiro atoms. The normalized spacial score (nSPS) is 12.2. The molecule has 0 aromatic heterocycles. The second-order valence-electron chi connectivity index (χ2n) is 2.31. The van der Waals surface area contributed by atoms with Gasteiger partial charge in [-0.2, -0.15) is 0 Å². The van der Waals surface area contributed by atoms with Gasteiger partial charge in [-0.1, -0.05) is 18.5 Å². The van der Waals surface area contributed by atoms with E-state index in [2.05, 4.69) is 6.92 Å². The van der Waals surface area contributed by atoms with Gasteiger partial charge in [0.05, 0.1) is 0 Å². The van der Waals surface area contributed by atoms with E-state index >= 15 is 0 Å². The Morgan fingerprint density at radius 3 is 2.90 bits per heavy atom. The van der Waals surface area contributed by atoms with Crippen LogP contribution in [0, 0.1) is 0 Å². The van der Waals surface area contributed by atoms with Gasteiger partial charge >= 0.3 is 0 Å². The standard InChI is InChI=1S/C8H7ClO/c1-2-5-6(9)3-4-7-8(5)10-7/h3-4H,2H2,1H3. The molecule has 0 radical (unpaired) electrons. The summed E-state index contributed by atoms with van der Waals surface area (Å²) in [6, 6.07) is 3.78. The Morgan fingerprint density at radius 1 is 1.50 bits per heavy atom. The van der Waals surface area contributed by atoms with E-state index in [1.165, 1.54) is 0 Å². The van der Waals surface area contributed by atoms with Crippen LogP contribution in [-0.2, 0) is 6.42 Å². The van der Waals surface area contributed by atoms with Gasteiger partial charge in [0.25, 0.3) is 0 Å². The number of rotatable bonds is 1. The molecule has 1 aromatic carbocycles. The predicted octanol–water partition coefficient (Wildman–Crippen LogP) is 3.01. The van der Waals surface area contributed by atoms with Gasteiger partial charge in [-0.25, -0.2) is 0 Å². The number of benzene rings is 1. The molecule has 1 aromatic rings. The summed E-state index contributed by atoms with van der Waals surface area (Å²) in [5.41, 5.74) is 1.14. The maximum absolute atomic E-state index is 5.88. The highest BCUT2D eigenvalue weighted by Crippen LogP contribution is 2.50. The van der Waals surface area contributed by atoms with Crippen LogP contribution >= 0.6 is 11.6 Å². The zero-order valence-corrected chi connectivity index (χ0v) is 6.40. The summed E-state index contributed by atoms with van der Waals surface area (Å²) in [6.07, 6.45) is 0.946. The molecule has 52 valence electrons.